The molecule has 0 spiro atoms. The zero-order valence-electron chi connectivity index (χ0n) is 21.4. The summed E-state index contributed by atoms with van der Waals surface area (Å²) in [5, 5.41) is 2.54. The van der Waals surface area contributed by atoms with Gasteiger partial charge in [0, 0.05) is 30.5 Å². The number of amides is 1. The lowest BCUT2D eigenvalue weighted by molar-refractivity contribution is 0.0907. The standard InChI is InChI=1S/C28H37IN2O3S/c1-6-8-11-21(7-2)26(32)23-15-25(27(33)30-5)28(34)31(17-23)16-22-12-9-10-20(4)24(22)14-13-19(3)18-35-29/h9-10,12-15,17,19,21H,6-8,11,16,18H2,1-5H3,(H,30,33)/b14-13-. The Bertz CT molecular complexity index is 1110. The molecule has 0 aliphatic carbocycles. The molecule has 190 valence electrons. The van der Waals surface area contributed by atoms with Gasteiger partial charge in [0.05, 0.1) is 6.54 Å². The monoisotopic (exact) mass is 608 g/mol. The van der Waals surface area contributed by atoms with Crippen LogP contribution in [0.1, 0.15) is 83.9 Å². The maximum absolute atomic E-state index is 13.4. The Kier molecular flexibility index (Phi) is 12.3. The number of allylic oxidation sites excluding steroid dienone is 1. The van der Waals surface area contributed by atoms with Crippen molar-refractivity contribution in [3.8, 4) is 0 Å². The molecule has 2 unspecified atom stereocenters. The van der Waals surface area contributed by atoms with Gasteiger partial charge in [-0.15, -0.1) is 0 Å². The number of nitrogens with one attached hydrogen (secondary N) is 1. The number of halogens is 1. The number of hydrogen-bond donors (Lipinski definition) is 1. The summed E-state index contributed by atoms with van der Waals surface area (Å²) in [7, 11) is 3.28. The van der Waals surface area contributed by atoms with Crippen LogP contribution < -0.4 is 10.9 Å². The first-order valence-corrected chi connectivity index (χ1v) is 15.8. The molecule has 0 saturated carbocycles. The van der Waals surface area contributed by atoms with E-state index in [4.69, 9.17) is 0 Å². The van der Waals surface area contributed by atoms with Crippen LogP contribution >= 0.6 is 30.1 Å². The summed E-state index contributed by atoms with van der Waals surface area (Å²) in [6.07, 6.45) is 9.48. The van der Waals surface area contributed by atoms with Crippen LogP contribution in [0.4, 0.5) is 0 Å². The number of carbonyl (C=O) groups is 2. The lowest BCUT2D eigenvalue weighted by Crippen LogP contribution is -2.33. The van der Waals surface area contributed by atoms with Crippen LogP contribution in [0.3, 0.4) is 0 Å². The maximum Gasteiger partial charge on any atom is 0.263 e. The summed E-state index contributed by atoms with van der Waals surface area (Å²) < 4.78 is 1.51. The van der Waals surface area contributed by atoms with E-state index in [1.165, 1.54) is 17.7 Å². The van der Waals surface area contributed by atoms with Crippen molar-refractivity contribution in [3.63, 3.8) is 0 Å². The lowest BCUT2D eigenvalue weighted by atomic mass is 9.90. The zero-order chi connectivity index (χ0) is 26.0. The molecular weight excluding hydrogens is 571 g/mol. The minimum absolute atomic E-state index is 0.00105. The van der Waals surface area contributed by atoms with E-state index in [2.05, 4.69) is 65.5 Å². The highest BCUT2D eigenvalue weighted by molar-refractivity contribution is 14.2. The van der Waals surface area contributed by atoms with Crippen molar-refractivity contribution in [1.29, 1.82) is 0 Å². The van der Waals surface area contributed by atoms with Gasteiger partial charge >= 0.3 is 0 Å². The summed E-state index contributed by atoms with van der Waals surface area (Å²) in [6.45, 7) is 8.64. The first kappa shape index (κ1) is 29.4. The van der Waals surface area contributed by atoms with Gasteiger partial charge in [-0.2, -0.15) is 0 Å². The molecule has 0 bridgehead atoms. The second kappa shape index (κ2) is 14.6. The van der Waals surface area contributed by atoms with Gasteiger partial charge in [-0.3, -0.25) is 14.4 Å². The molecule has 1 heterocycles. The van der Waals surface area contributed by atoms with Crippen LogP contribution in [0, 0.1) is 18.8 Å². The molecule has 5 nitrogen and oxygen atoms in total. The second-order valence-electron chi connectivity index (χ2n) is 9.03. The third-order valence-corrected chi connectivity index (χ3v) is 8.01. The Labute approximate surface area is 225 Å². The van der Waals surface area contributed by atoms with Crippen LogP contribution in [0.25, 0.3) is 6.08 Å². The Morgan fingerprint density at radius 3 is 2.63 bits per heavy atom. The topological polar surface area (TPSA) is 68.2 Å². The van der Waals surface area contributed by atoms with Gasteiger partial charge in [0.1, 0.15) is 5.56 Å². The van der Waals surface area contributed by atoms with Crippen LogP contribution in [0.5, 0.6) is 0 Å². The molecule has 0 radical (unpaired) electrons. The maximum atomic E-state index is 13.4. The van der Waals surface area contributed by atoms with Crippen LogP contribution in [-0.4, -0.2) is 29.1 Å². The first-order valence-electron chi connectivity index (χ1n) is 12.3. The molecule has 0 saturated heterocycles. The Morgan fingerprint density at radius 2 is 2.00 bits per heavy atom. The molecular formula is C28H37IN2O3S. The van der Waals surface area contributed by atoms with E-state index in [-0.39, 0.29) is 23.8 Å². The van der Waals surface area contributed by atoms with Crippen molar-refractivity contribution in [2.75, 3.05) is 12.8 Å². The van der Waals surface area contributed by atoms with Gasteiger partial charge < -0.3 is 9.88 Å². The van der Waals surface area contributed by atoms with Gasteiger partial charge in [-0.05, 0) is 69.6 Å². The van der Waals surface area contributed by atoms with E-state index in [9.17, 15) is 14.4 Å². The number of aryl methyl sites for hydroxylation is 1. The number of nitrogens with zero attached hydrogens (tertiary/aromatic N) is 1. The molecule has 1 aromatic carbocycles. The van der Waals surface area contributed by atoms with Crippen LogP contribution in [0.15, 0.2) is 41.3 Å². The number of carbonyl (C=O) groups excluding carboxylic acids is 2. The van der Waals surface area contributed by atoms with Gasteiger partial charge in [0.15, 0.2) is 5.78 Å². The summed E-state index contributed by atoms with van der Waals surface area (Å²) in [4.78, 5) is 39.2. The van der Waals surface area contributed by atoms with Crippen molar-refractivity contribution in [2.45, 2.75) is 59.9 Å². The number of Topliss-reactive ketones (excluding diaryl/α,β-unsaturated/α-hetero) is 1. The van der Waals surface area contributed by atoms with E-state index in [1.54, 1.807) is 15.1 Å². The molecule has 1 amide bonds. The fraction of sp³-hybridized carbons (Fsp3) is 0.464. The molecule has 1 aromatic heterocycles. The fourth-order valence-corrected chi connectivity index (χ4v) is 6.12. The number of hydrogen-bond acceptors (Lipinski definition) is 4. The minimum atomic E-state index is -0.477. The summed E-state index contributed by atoms with van der Waals surface area (Å²) in [5.41, 5.74) is 3.18. The Hall–Kier alpha value is -1.87. The van der Waals surface area contributed by atoms with Crippen molar-refractivity contribution >= 4 is 47.9 Å². The van der Waals surface area contributed by atoms with Crippen LogP contribution in [0.2, 0.25) is 0 Å². The first-order chi connectivity index (χ1) is 16.8. The van der Waals surface area contributed by atoms with Gasteiger partial charge in [0.2, 0.25) is 0 Å². The average molecular weight is 609 g/mol. The molecule has 35 heavy (non-hydrogen) atoms. The molecule has 7 heteroatoms. The zero-order valence-corrected chi connectivity index (χ0v) is 24.4. The summed E-state index contributed by atoms with van der Waals surface area (Å²) in [6, 6.07) is 7.50. The molecule has 0 aliphatic rings. The Balaban J connectivity index is 2.56. The third kappa shape index (κ3) is 8.07. The van der Waals surface area contributed by atoms with E-state index < -0.39 is 11.5 Å². The van der Waals surface area contributed by atoms with Crippen molar-refractivity contribution in [2.24, 2.45) is 11.8 Å². The molecule has 0 aliphatic heterocycles. The normalized spacial score (nSPS) is 13.1. The third-order valence-electron chi connectivity index (χ3n) is 6.28. The number of aromatic nitrogens is 1. The van der Waals surface area contributed by atoms with E-state index >= 15 is 0 Å². The fourth-order valence-electron chi connectivity index (χ4n) is 4.11. The minimum Gasteiger partial charge on any atom is -0.355 e. The number of unbranched alkanes of at least 4 members (excludes halogenated alkanes) is 1. The SMILES string of the molecule is CCCCC(CC)C(=O)c1cc(C(=O)NC)c(=O)n(Cc2cccc(C)c2/C=C\C(C)CSI)c1. The number of pyridine rings is 1. The van der Waals surface area contributed by atoms with Crippen molar-refractivity contribution < 1.29 is 9.59 Å². The molecule has 2 aromatic rings. The van der Waals surface area contributed by atoms with E-state index in [0.717, 1.165) is 48.1 Å². The highest BCUT2D eigenvalue weighted by Gasteiger charge is 2.22. The average Bonchev–Trinajstić information content (AvgIpc) is 2.84. The molecule has 1 N–H and O–H groups in total. The van der Waals surface area contributed by atoms with E-state index in [0.29, 0.717) is 11.5 Å². The van der Waals surface area contributed by atoms with Gasteiger partial charge in [0.25, 0.3) is 11.5 Å². The second-order valence-corrected chi connectivity index (χ2v) is 11.4. The quantitative estimate of drug-likeness (QED) is 0.203. The summed E-state index contributed by atoms with van der Waals surface area (Å²) in [5.74, 6) is 0.840. The lowest BCUT2D eigenvalue weighted by Gasteiger charge is -2.17. The number of ketones is 1. The largest absolute Gasteiger partial charge is 0.355 e. The predicted molar refractivity (Wildman–Crippen MR) is 157 cm³/mol. The number of rotatable bonds is 13. The van der Waals surface area contributed by atoms with Crippen molar-refractivity contribution in [1.82, 2.24) is 9.88 Å². The highest BCUT2D eigenvalue weighted by atomic mass is 127. The molecule has 2 atom stereocenters. The van der Waals surface area contributed by atoms with Gasteiger partial charge in [-0.25, -0.2) is 0 Å². The summed E-state index contributed by atoms with van der Waals surface area (Å²) >= 11 is 2.31. The highest BCUT2D eigenvalue weighted by Crippen LogP contribution is 2.22. The van der Waals surface area contributed by atoms with Crippen molar-refractivity contribution in [3.05, 3.63) is 74.7 Å². The Morgan fingerprint density at radius 1 is 1.26 bits per heavy atom. The predicted octanol–water partition coefficient (Wildman–Crippen LogP) is 6.70. The molecule has 2 rings (SSSR count). The molecule has 0 fully saturated rings. The smallest absolute Gasteiger partial charge is 0.263 e. The van der Waals surface area contributed by atoms with Crippen LogP contribution in [-0.2, 0) is 6.54 Å². The van der Waals surface area contributed by atoms with E-state index in [1.807, 2.05) is 19.1 Å². The van der Waals surface area contributed by atoms with Gasteiger partial charge in [-0.1, -0.05) is 72.9 Å². The number of benzene rings is 1.